The van der Waals surface area contributed by atoms with Crippen molar-refractivity contribution in [1.82, 2.24) is 14.9 Å². The quantitative estimate of drug-likeness (QED) is 0.527. The van der Waals surface area contributed by atoms with Gasteiger partial charge in [0.2, 0.25) is 5.95 Å². The van der Waals surface area contributed by atoms with Gasteiger partial charge in [-0.3, -0.25) is 9.69 Å². The summed E-state index contributed by atoms with van der Waals surface area (Å²) in [6.07, 6.45) is -3.37. The van der Waals surface area contributed by atoms with E-state index in [4.69, 9.17) is 4.74 Å². The van der Waals surface area contributed by atoms with Crippen LogP contribution in [0.25, 0.3) is 0 Å². The highest BCUT2D eigenvalue weighted by Gasteiger charge is 2.39. The monoisotopic (exact) mass is 527 g/mol. The third-order valence-electron chi connectivity index (χ3n) is 6.74. The van der Waals surface area contributed by atoms with Crippen molar-refractivity contribution >= 4 is 40.4 Å². The number of para-hydroxylation sites is 1. The second kappa shape index (κ2) is 10.0. The van der Waals surface area contributed by atoms with Gasteiger partial charge in [-0.05, 0) is 31.3 Å². The van der Waals surface area contributed by atoms with Gasteiger partial charge in [-0.15, -0.1) is 0 Å². The standard InChI is InChI=1S/C26H28F3N7O2/c1-33-10-12-35(13-11-33)17-8-9-19(22(14-17)38-3)31-25-30-15-21-23(32-25)34(2)20-7-5-4-6-18(20)24(37)36(21)16-26(27,28)29/h4-9,14-15H,10-13,16H2,1-3H3,(H,30,31,32). The largest absolute Gasteiger partial charge is 0.494 e. The van der Waals surface area contributed by atoms with Crippen molar-refractivity contribution in [2.45, 2.75) is 6.18 Å². The van der Waals surface area contributed by atoms with E-state index in [1.54, 1.807) is 37.3 Å². The maximum Gasteiger partial charge on any atom is 0.406 e. The van der Waals surface area contributed by atoms with E-state index >= 15 is 0 Å². The predicted octanol–water partition coefficient (Wildman–Crippen LogP) is 4.27. The van der Waals surface area contributed by atoms with Gasteiger partial charge in [0.25, 0.3) is 5.91 Å². The van der Waals surface area contributed by atoms with E-state index in [1.807, 2.05) is 18.2 Å². The van der Waals surface area contributed by atoms with Crippen LogP contribution in [0.3, 0.4) is 0 Å². The van der Waals surface area contributed by atoms with E-state index < -0.39 is 18.6 Å². The third-order valence-corrected chi connectivity index (χ3v) is 6.74. The van der Waals surface area contributed by atoms with Gasteiger partial charge in [0.1, 0.15) is 18.0 Å². The van der Waals surface area contributed by atoms with E-state index in [2.05, 4.69) is 32.1 Å². The number of hydrogen-bond donors (Lipinski definition) is 1. The zero-order valence-corrected chi connectivity index (χ0v) is 21.3. The van der Waals surface area contributed by atoms with E-state index in [0.29, 0.717) is 22.0 Å². The molecule has 38 heavy (non-hydrogen) atoms. The molecule has 5 rings (SSSR count). The van der Waals surface area contributed by atoms with Crippen LogP contribution in [0.4, 0.5) is 47.7 Å². The number of nitrogens with zero attached hydrogens (tertiary/aromatic N) is 6. The summed E-state index contributed by atoms with van der Waals surface area (Å²) < 4.78 is 46.0. The average molecular weight is 528 g/mol. The number of methoxy groups -OCH3 is 1. The minimum absolute atomic E-state index is 0.0334. The Morgan fingerprint density at radius 3 is 2.47 bits per heavy atom. The maximum absolute atomic E-state index is 13.5. The van der Waals surface area contributed by atoms with Crippen molar-refractivity contribution in [2.24, 2.45) is 0 Å². The molecule has 0 aliphatic carbocycles. The SMILES string of the molecule is COc1cc(N2CCN(C)CC2)ccc1Nc1ncc2c(n1)N(C)c1ccccc1C(=O)N2CC(F)(F)F. The molecule has 0 saturated carbocycles. The van der Waals surface area contributed by atoms with E-state index in [9.17, 15) is 18.0 Å². The molecule has 9 nitrogen and oxygen atoms in total. The van der Waals surface area contributed by atoms with Crippen LogP contribution in [0.2, 0.25) is 0 Å². The lowest BCUT2D eigenvalue weighted by Crippen LogP contribution is -2.44. The van der Waals surface area contributed by atoms with E-state index in [1.165, 1.54) is 12.3 Å². The number of alkyl halides is 3. The van der Waals surface area contributed by atoms with E-state index in [-0.39, 0.29) is 23.0 Å². The topological polar surface area (TPSA) is 77.1 Å². The molecule has 3 aromatic rings. The molecule has 0 bridgehead atoms. The van der Waals surface area contributed by atoms with Gasteiger partial charge < -0.3 is 24.8 Å². The van der Waals surface area contributed by atoms with Crippen LogP contribution in [0.5, 0.6) is 5.75 Å². The smallest absolute Gasteiger partial charge is 0.406 e. The molecule has 2 aliphatic heterocycles. The average Bonchev–Trinajstić information content (AvgIpc) is 2.98. The molecule has 2 aromatic carbocycles. The highest BCUT2D eigenvalue weighted by Crippen LogP contribution is 2.40. The number of fused-ring (bicyclic) bond motifs is 2. The highest BCUT2D eigenvalue weighted by atomic mass is 19.4. The van der Waals surface area contributed by atoms with Crippen LogP contribution >= 0.6 is 0 Å². The van der Waals surface area contributed by atoms with Crippen LogP contribution in [0.1, 0.15) is 10.4 Å². The van der Waals surface area contributed by atoms with Gasteiger partial charge in [0.05, 0.1) is 30.2 Å². The number of halogens is 3. The summed E-state index contributed by atoms with van der Waals surface area (Å²) in [5.41, 5.74) is 2.19. The fourth-order valence-electron chi connectivity index (χ4n) is 4.68. The molecule has 2 aliphatic rings. The number of nitrogens with one attached hydrogen (secondary N) is 1. The summed E-state index contributed by atoms with van der Waals surface area (Å²) in [5.74, 6) is 0.125. The summed E-state index contributed by atoms with van der Waals surface area (Å²) in [5, 5.41) is 3.12. The number of carbonyl (C=O) groups excluding carboxylic acids is 1. The number of amides is 1. The van der Waals surface area contributed by atoms with Gasteiger partial charge in [0.15, 0.2) is 5.82 Å². The number of aromatic nitrogens is 2. The number of carbonyl (C=O) groups is 1. The Bertz CT molecular complexity index is 1340. The zero-order chi connectivity index (χ0) is 27.0. The Labute approximate surface area is 218 Å². The molecule has 1 amide bonds. The molecule has 0 atom stereocenters. The van der Waals surface area contributed by atoms with Gasteiger partial charge >= 0.3 is 6.18 Å². The molecular formula is C26H28F3N7O2. The number of ether oxygens (including phenoxy) is 1. The normalized spacial score (nSPS) is 16.2. The van der Waals surface area contributed by atoms with Crippen LogP contribution in [0.15, 0.2) is 48.7 Å². The van der Waals surface area contributed by atoms with Crippen molar-refractivity contribution in [3.8, 4) is 5.75 Å². The zero-order valence-electron chi connectivity index (χ0n) is 21.3. The van der Waals surface area contributed by atoms with Crippen LogP contribution in [-0.4, -0.2) is 80.9 Å². The Balaban J connectivity index is 1.49. The number of hydrogen-bond acceptors (Lipinski definition) is 8. The van der Waals surface area contributed by atoms with Crippen LogP contribution < -0.4 is 24.8 Å². The molecule has 1 N–H and O–H groups in total. The number of likely N-dealkylation sites (N-methyl/N-ethyl adjacent to an activating group) is 1. The summed E-state index contributed by atoms with van der Waals surface area (Å²) in [7, 11) is 5.32. The first-order valence-corrected chi connectivity index (χ1v) is 12.1. The molecule has 200 valence electrons. The summed E-state index contributed by atoms with van der Waals surface area (Å²) in [6, 6.07) is 12.3. The first kappa shape index (κ1) is 25.6. The van der Waals surface area contributed by atoms with Gasteiger partial charge in [0, 0.05) is 45.0 Å². The lowest BCUT2D eigenvalue weighted by atomic mass is 10.1. The third kappa shape index (κ3) is 5.03. The fraction of sp³-hybridized carbons (Fsp3) is 0.346. The molecule has 0 spiro atoms. The first-order chi connectivity index (χ1) is 18.1. The summed E-state index contributed by atoms with van der Waals surface area (Å²) in [6.45, 7) is 2.28. The minimum atomic E-state index is -4.61. The van der Waals surface area contributed by atoms with Gasteiger partial charge in [-0.1, -0.05) is 12.1 Å². The maximum atomic E-state index is 13.5. The number of anilines is 6. The second-order valence-corrected chi connectivity index (χ2v) is 9.29. The highest BCUT2D eigenvalue weighted by molar-refractivity contribution is 6.13. The van der Waals surface area contributed by atoms with Gasteiger partial charge in [-0.25, -0.2) is 4.98 Å². The second-order valence-electron chi connectivity index (χ2n) is 9.29. The Morgan fingerprint density at radius 1 is 1.03 bits per heavy atom. The Morgan fingerprint density at radius 2 is 1.76 bits per heavy atom. The summed E-state index contributed by atoms with van der Waals surface area (Å²) in [4.78, 5) is 28.8. The molecule has 0 radical (unpaired) electrons. The predicted molar refractivity (Wildman–Crippen MR) is 140 cm³/mol. The fourth-order valence-corrected chi connectivity index (χ4v) is 4.68. The van der Waals surface area contributed by atoms with Gasteiger partial charge in [-0.2, -0.15) is 18.2 Å². The molecule has 0 unspecified atom stereocenters. The Kier molecular flexibility index (Phi) is 6.74. The Hall–Kier alpha value is -4.06. The molecule has 3 heterocycles. The van der Waals surface area contributed by atoms with E-state index in [0.717, 1.165) is 31.9 Å². The molecule has 1 saturated heterocycles. The number of benzene rings is 2. The minimum Gasteiger partial charge on any atom is -0.494 e. The van der Waals surface area contributed by atoms with Crippen molar-refractivity contribution in [3.63, 3.8) is 0 Å². The molecule has 1 fully saturated rings. The van der Waals surface area contributed by atoms with Crippen molar-refractivity contribution in [2.75, 3.05) is 73.9 Å². The summed E-state index contributed by atoms with van der Waals surface area (Å²) >= 11 is 0. The molecule has 1 aromatic heterocycles. The van der Waals surface area contributed by atoms with Crippen LogP contribution in [-0.2, 0) is 0 Å². The lowest BCUT2D eigenvalue weighted by molar-refractivity contribution is -0.118. The molecule has 12 heteroatoms. The first-order valence-electron chi connectivity index (χ1n) is 12.1. The van der Waals surface area contributed by atoms with Crippen molar-refractivity contribution in [3.05, 3.63) is 54.2 Å². The number of rotatable bonds is 5. The number of piperazine rings is 1. The van der Waals surface area contributed by atoms with Crippen LogP contribution in [0, 0.1) is 0 Å². The van der Waals surface area contributed by atoms with Crippen molar-refractivity contribution in [1.29, 1.82) is 0 Å². The molecular weight excluding hydrogens is 499 g/mol. The van der Waals surface area contributed by atoms with Crippen molar-refractivity contribution < 1.29 is 22.7 Å². The lowest BCUT2D eigenvalue weighted by Gasteiger charge is -2.34.